The second-order valence-electron chi connectivity index (χ2n) is 7.24. The van der Waals surface area contributed by atoms with E-state index in [1.807, 2.05) is 56.3 Å². The monoisotopic (exact) mass is 596 g/mol. The van der Waals surface area contributed by atoms with Crippen LogP contribution in [0, 0.1) is 10.5 Å². The minimum atomic E-state index is -0.186. The fourth-order valence-electron chi connectivity index (χ4n) is 2.96. The average molecular weight is 597 g/mol. The summed E-state index contributed by atoms with van der Waals surface area (Å²) in [5.74, 6) is 1.01. The molecule has 5 nitrogen and oxygen atoms in total. The van der Waals surface area contributed by atoms with Gasteiger partial charge in [-0.3, -0.25) is 4.79 Å². The predicted octanol–water partition coefficient (Wildman–Crippen LogP) is 6.58. The van der Waals surface area contributed by atoms with Gasteiger partial charge in [0.25, 0.3) is 0 Å². The van der Waals surface area contributed by atoms with Gasteiger partial charge in [0.05, 0.1) is 22.8 Å². The lowest BCUT2D eigenvalue weighted by molar-refractivity contribution is -0.120. The molecule has 3 rings (SSSR count). The normalized spacial score (nSPS) is 10.9. The van der Waals surface area contributed by atoms with Crippen LogP contribution in [0.5, 0.6) is 11.5 Å². The van der Waals surface area contributed by atoms with E-state index in [-0.39, 0.29) is 18.9 Å². The number of amides is 1. The van der Waals surface area contributed by atoms with E-state index in [0.717, 1.165) is 25.8 Å². The standard InChI is InChI=1S/C25H23Cl2IN2O3/c1-3-32-23-11-18(14-29-30-24(31)12-17-6-4-16(2)5-7-17)10-22(28)25(23)33-15-19-8-9-20(26)13-21(19)27/h4-11,13-14H,3,12,15H2,1-2H3,(H,30,31)/b29-14+. The van der Waals surface area contributed by atoms with Crippen LogP contribution in [0.25, 0.3) is 0 Å². The van der Waals surface area contributed by atoms with Gasteiger partial charge in [0.1, 0.15) is 6.61 Å². The van der Waals surface area contributed by atoms with Crippen LogP contribution >= 0.6 is 45.8 Å². The summed E-state index contributed by atoms with van der Waals surface area (Å²) < 4.78 is 12.6. The molecule has 0 aliphatic heterocycles. The molecule has 0 bridgehead atoms. The zero-order valence-electron chi connectivity index (χ0n) is 18.2. The molecule has 0 fully saturated rings. The smallest absolute Gasteiger partial charge is 0.244 e. The molecule has 0 saturated carbocycles. The molecule has 0 aliphatic rings. The van der Waals surface area contributed by atoms with Gasteiger partial charge in [-0.25, -0.2) is 5.43 Å². The summed E-state index contributed by atoms with van der Waals surface area (Å²) in [6.07, 6.45) is 1.84. The number of aryl methyl sites for hydroxylation is 1. The molecule has 1 N–H and O–H groups in total. The third-order valence-corrected chi connectivity index (χ3v) is 6.00. The van der Waals surface area contributed by atoms with Crippen LogP contribution in [0.3, 0.4) is 0 Å². The van der Waals surface area contributed by atoms with Crippen LogP contribution in [0.2, 0.25) is 10.0 Å². The van der Waals surface area contributed by atoms with E-state index >= 15 is 0 Å². The Morgan fingerprint density at radius 1 is 1.09 bits per heavy atom. The van der Waals surface area contributed by atoms with Crippen LogP contribution in [0.15, 0.2) is 59.7 Å². The van der Waals surface area contributed by atoms with Crippen molar-refractivity contribution in [3.8, 4) is 11.5 Å². The molecule has 0 saturated heterocycles. The van der Waals surface area contributed by atoms with Gasteiger partial charge in [-0.2, -0.15) is 5.10 Å². The zero-order valence-corrected chi connectivity index (χ0v) is 21.9. The Hall–Kier alpha value is -2.29. The third kappa shape index (κ3) is 7.62. The molecular formula is C25H23Cl2IN2O3. The predicted molar refractivity (Wildman–Crippen MR) is 142 cm³/mol. The molecule has 0 aromatic heterocycles. The molecule has 0 atom stereocenters. The van der Waals surface area contributed by atoms with Crippen LogP contribution in [-0.4, -0.2) is 18.7 Å². The van der Waals surface area contributed by atoms with Crippen molar-refractivity contribution in [1.82, 2.24) is 5.43 Å². The van der Waals surface area contributed by atoms with E-state index in [1.54, 1.807) is 18.3 Å². The number of hydrogen-bond donors (Lipinski definition) is 1. The summed E-state index contributed by atoms with van der Waals surface area (Å²) in [4.78, 5) is 12.2. The summed E-state index contributed by atoms with van der Waals surface area (Å²) in [5.41, 5.74) is 6.25. The van der Waals surface area contributed by atoms with E-state index in [2.05, 4.69) is 33.1 Å². The second-order valence-corrected chi connectivity index (χ2v) is 9.25. The van der Waals surface area contributed by atoms with E-state index in [0.29, 0.717) is 28.2 Å². The molecule has 0 aliphatic carbocycles. The first kappa shape index (κ1) is 25.3. The van der Waals surface area contributed by atoms with Crippen LogP contribution in [0.4, 0.5) is 0 Å². The second kappa shape index (κ2) is 12.3. The van der Waals surface area contributed by atoms with Gasteiger partial charge in [-0.15, -0.1) is 0 Å². The van der Waals surface area contributed by atoms with E-state index in [1.165, 1.54) is 0 Å². The first-order valence-electron chi connectivity index (χ1n) is 10.3. The maximum atomic E-state index is 12.2. The molecule has 3 aromatic rings. The molecule has 3 aromatic carbocycles. The molecule has 0 unspecified atom stereocenters. The molecular weight excluding hydrogens is 574 g/mol. The summed E-state index contributed by atoms with van der Waals surface area (Å²) in [5, 5.41) is 5.20. The Bertz CT molecular complexity index is 1150. The SMILES string of the molecule is CCOc1cc(/C=N/NC(=O)Cc2ccc(C)cc2)cc(I)c1OCc1ccc(Cl)cc1Cl. The zero-order chi connectivity index (χ0) is 23.8. The molecule has 0 radical (unpaired) electrons. The average Bonchev–Trinajstić information content (AvgIpc) is 2.76. The van der Waals surface area contributed by atoms with E-state index in [9.17, 15) is 4.79 Å². The number of halogens is 3. The Balaban J connectivity index is 1.67. The van der Waals surface area contributed by atoms with Crippen LogP contribution in [0.1, 0.15) is 29.2 Å². The third-order valence-electron chi connectivity index (χ3n) is 4.61. The van der Waals surface area contributed by atoms with Gasteiger partial charge in [0, 0.05) is 15.6 Å². The van der Waals surface area contributed by atoms with Gasteiger partial charge in [-0.1, -0.05) is 59.1 Å². The maximum absolute atomic E-state index is 12.2. The highest BCUT2D eigenvalue weighted by Crippen LogP contribution is 2.35. The minimum Gasteiger partial charge on any atom is -0.490 e. The lowest BCUT2D eigenvalue weighted by atomic mass is 10.1. The Kier molecular flexibility index (Phi) is 9.41. The fourth-order valence-corrected chi connectivity index (χ4v) is 4.21. The lowest BCUT2D eigenvalue weighted by Gasteiger charge is -2.15. The van der Waals surface area contributed by atoms with Crippen molar-refractivity contribution < 1.29 is 14.3 Å². The Morgan fingerprint density at radius 2 is 1.85 bits per heavy atom. The Labute approximate surface area is 217 Å². The molecule has 1 amide bonds. The van der Waals surface area contributed by atoms with Crippen molar-refractivity contribution in [2.45, 2.75) is 26.9 Å². The van der Waals surface area contributed by atoms with E-state index < -0.39 is 0 Å². The largest absolute Gasteiger partial charge is 0.490 e. The van der Waals surface area contributed by atoms with Crippen molar-refractivity contribution in [2.24, 2.45) is 5.10 Å². The number of hydrogen-bond acceptors (Lipinski definition) is 4. The number of rotatable bonds is 9. The number of carbonyl (C=O) groups is 1. The molecule has 33 heavy (non-hydrogen) atoms. The number of benzene rings is 3. The van der Waals surface area contributed by atoms with Crippen molar-refractivity contribution >= 4 is 57.9 Å². The first-order valence-corrected chi connectivity index (χ1v) is 12.1. The summed E-state index contributed by atoms with van der Waals surface area (Å²) in [7, 11) is 0. The topological polar surface area (TPSA) is 59.9 Å². The first-order chi connectivity index (χ1) is 15.9. The van der Waals surface area contributed by atoms with Crippen LogP contribution in [-0.2, 0) is 17.8 Å². The van der Waals surface area contributed by atoms with Gasteiger partial charge in [0.2, 0.25) is 5.91 Å². The maximum Gasteiger partial charge on any atom is 0.244 e. The highest BCUT2D eigenvalue weighted by Gasteiger charge is 2.13. The van der Waals surface area contributed by atoms with Gasteiger partial charge in [0.15, 0.2) is 11.5 Å². The minimum absolute atomic E-state index is 0.186. The number of hydrazone groups is 1. The quantitative estimate of drug-likeness (QED) is 0.172. The number of ether oxygens (including phenoxy) is 2. The molecule has 8 heteroatoms. The lowest BCUT2D eigenvalue weighted by Crippen LogP contribution is -2.19. The number of nitrogens with zero attached hydrogens (tertiary/aromatic N) is 1. The highest BCUT2D eigenvalue weighted by atomic mass is 127. The fraction of sp³-hybridized carbons (Fsp3) is 0.200. The summed E-state index contributed by atoms with van der Waals surface area (Å²) in [6, 6.07) is 16.8. The molecule has 172 valence electrons. The van der Waals surface area contributed by atoms with Crippen molar-refractivity contribution in [1.29, 1.82) is 0 Å². The highest BCUT2D eigenvalue weighted by molar-refractivity contribution is 14.1. The molecule has 0 heterocycles. The van der Waals surface area contributed by atoms with Crippen molar-refractivity contribution in [3.05, 3.63) is 90.5 Å². The van der Waals surface area contributed by atoms with Gasteiger partial charge in [-0.05, 0) is 71.8 Å². The number of carbonyl (C=O) groups excluding carboxylic acids is 1. The van der Waals surface area contributed by atoms with E-state index in [4.69, 9.17) is 32.7 Å². The molecule has 0 spiro atoms. The van der Waals surface area contributed by atoms with Crippen molar-refractivity contribution in [3.63, 3.8) is 0 Å². The van der Waals surface area contributed by atoms with Gasteiger partial charge >= 0.3 is 0 Å². The van der Waals surface area contributed by atoms with Crippen LogP contribution < -0.4 is 14.9 Å². The van der Waals surface area contributed by atoms with Crippen molar-refractivity contribution in [2.75, 3.05) is 6.61 Å². The summed E-state index contributed by atoms with van der Waals surface area (Å²) >= 11 is 14.4. The Morgan fingerprint density at radius 3 is 2.55 bits per heavy atom. The number of nitrogens with one attached hydrogen (secondary N) is 1. The van der Waals surface area contributed by atoms with Gasteiger partial charge < -0.3 is 9.47 Å². The summed E-state index contributed by atoms with van der Waals surface area (Å²) in [6.45, 7) is 4.66.